The van der Waals surface area contributed by atoms with Gasteiger partial charge in [-0.15, -0.1) is 0 Å². The second kappa shape index (κ2) is 19.9. The molecule has 6 atom stereocenters. The van der Waals surface area contributed by atoms with Gasteiger partial charge in [-0.3, -0.25) is 28.5 Å². The summed E-state index contributed by atoms with van der Waals surface area (Å²) in [5.74, 6) is 4.50. The Hall–Kier alpha value is -3.44. The largest absolute Gasteiger partial charge is 0.383 e. The normalized spacial score (nSPS) is 22.2. The molecule has 0 saturated carbocycles. The average Bonchev–Trinajstić information content (AvgIpc) is 3.15. The lowest BCUT2D eigenvalue weighted by Crippen LogP contribution is -2.43. The monoisotopic (exact) mass is 743 g/mol. The van der Waals surface area contributed by atoms with Crippen LogP contribution in [0.3, 0.4) is 0 Å². The predicted molar refractivity (Wildman–Crippen MR) is 220 cm³/mol. The minimum atomic E-state index is 0.0480. The molecule has 10 heteroatoms. The van der Waals surface area contributed by atoms with Gasteiger partial charge in [0.1, 0.15) is 11.6 Å². The number of hydrogen-bond donors (Lipinski definition) is 0. The van der Waals surface area contributed by atoms with Crippen molar-refractivity contribution in [3.05, 3.63) is 80.9 Å². The highest BCUT2D eigenvalue weighted by molar-refractivity contribution is 5.78. The lowest BCUT2D eigenvalue weighted by atomic mass is 9.90. The third-order valence-corrected chi connectivity index (χ3v) is 11.2. The van der Waals surface area contributed by atoms with Crippen LogP contribution in [-0.4, -0.2) is 82.5 Å². The summed E-state index contributed by atoms with van der Waals surface area (Å²) in [5.41, 5.74) is 1.69. The first-order valence-electron chi connectivity index (χ1n) is 20.5. The van der Waals surface area contributed by atoms with Gasteiger partial charge in [0.15, 0.2) is 0 Å². The first-order chi connectivity index (χ1) is 26.1. The molecule has 0 aliphatic carbocycles. The maximum atomic E-state index is 13.2. The Bertz CT molecular complexity index is 1750. The Morgan fingerprint density at radius 1 is 0.611 bits per heavy atom. The molecular weight excluding hydrogens is 677 g/mol. The second-order valence-electron chi connectivity index (χ2n) is 16.3. The van der Waals surface area contributed by atoms with Gasteiger partial charge >= 0.3 is 0 Å². The number of piperidine rings is 2. The van der Waals surface area contributed by atoms with Crippen molar-refractivity contribution in [2.24, 2.45) is 23.7 Å². The molecule has 54 heavy (non-hydrogen) atoms. The number of likely N-dealkylation sites (tertiary alicyclic amines) is 2. The molecule has 0 unspecified atom stereocenters. The lowest BCUT2D eigenvalue weighted by Gasteiger charge is -2.40. The zero-order valence-electron chi connectivity index (χ0n) is 34.3. The smallest absolute Gasteiger partial charge is 0.261 e. The Labute approximate surface area is 322 Å². The molecule has 0 bridgehead atoms. The summed E-state index contributed by atoms with van der Waals surface area (Å²) < 4.78 is 14.3. The number of methoxy groups -OCH3 is 2. The van der Waals surface area contributed by atoms with Crippen LogP contribution < -0.4 is 11.1 Å². The van der Waals surface area contributed by atoms with E-state index in [-0.39, 0.29) is 23.2 Å². The Morgan fingerprint density at radius 3 is 1.30 bits per heavy atom. The number of fused-ring (bicyclic) bond motifs is 2. The molecular formula is C44H66N6O4. The van der Waals surface area contributed by atoms with Crippen molar-refractivity contribution in [2.45, 2.75) is 105 Å². The van der Waals surface area contributed by atoms with E-state index in [0.717, 1.165) is 74.5 Å². The molecule has 2 fully saturated rings. The molecule has 0 N–H and O–H groups in total. The number of aromatic nitrogens is 4. The summed E-state index contributed by atoms with van der Waals surface area (Å²) >= 11 is 0. The van der Waals surface area contributed by atoms with Crippen molar-refractivity contribution >= 4 is 21.8 Å². The SMILES string of the molecule is CCC[C@@H](c1nc2ccccc2c(=O)n1CCOC)N1C[C@H](C)C[C@H](C)C1.CCC[C@H](c1nc2ccccc2c(=O)n1CCOC)N1C[C@H](C)C[C@H](C)C1. The van der Waals surface area contributed by atoms with Crippen molar-refractivity contribution in [2.75, 3.05) is 53.6 Å². The fourth-order valence-electron chi connectivity index (χ4n) is 9.10. The zero-order valence-corrected chi connectivity index (χ0v) is 34.3. The van der Waals surface area contributed by atoms with E-state index in [4.69, 9.17) is 19.4 Å². The van der Waals surface area contributed by atoms with Gasteiger partial charge in [0.2, 0.25) is 0 Å². The van der Waals surface area contributed by atoms with Crippen molar-refractivity contribution in [1.82, 2.24) is 28.9 Å². The maximum Gasteiger partial charge on any atom is 0.261 e. The van der Waals surface area contributed by atoms with E-state index in [2.05, 4.69) is 51.3 Å². The fourth-order valence-corrected chi connectivity index (χ4v) is 9.10. The van der Waals surface area contributed by atoms with Crippen LogP contribution in [0.5, 0.6) is 0 Å². The molecule has 296 valence electrons. The van der Waals surface area contributed by atoms with Gasteiger partial charge in [0.05, 0.1) is 60.2 Å². The van der Waals surface area contributed by atoms with E-state index in [1.807, 2.05) is 57.7 Å². The first kappa shape index (κ1) is 41.7. The van der Waals surface area contributed by atoms with Crippen LogP contribution >= 0.6 is 0 Å². The lowest BCUT2D eigenvalue weighted by molar-refractivity contribution is 0.0822. The Kier molecular flexibility index (Phi) is 15.4. The Morgan fingerprint density at radius 2 is 0.963 bits per heavy atom. The molecule has 10 nitrogen and oxygen atoms in total. The highest BCUT2D eigenvalue weighted by Crippen LogP contribution is 2.33. The summed E-state index contributed by atoms with van der Waals surface area (Å²) in [6.07, 6.45) is 6.70. The summed E-state index contributed by atoms with van der Waals surface area (Å²) in [7, 11) is 3.35. The number of benzene rings is 2. The molecule has 0 spiro atoms. The van der Waals surface area contributed by atoms with Crippen LogP contribution in [0, 0.1) is 23.7 Å². The average molecular weight is 743 g/mol. The molecule has 2 aromatic heterocycles. The summed E-state index contributed by atoms with van der Waals surface area (Å²) in [6.45, 7) is 20.1. The quantitative estimate of drug-likeness (QED) is 0.130. The van der Waals surface area contributed by atoms with E-state index in [1.54, 1.807) is 14.2 Å². The third kappa shape index (κ3) is 10.0. The minimum Gasteiger partial charge on any atom is -0.383 e. The molecule has 2 aliphatic rings. The van der Waals surface area contributed by atoms with Crippen LogP contribution in [0.25, 0.3) is 21.8 Å². The van der Waals surface area contributed by atoms with Crippen LogP contribution in [0.15, 0.2) is 58.1 Å². The van der Waals surface area contributed by atoms with Crippen LogP contribution in [0.4, 0.5) is 0 Å². The first-order valence-corrected chi connectivity index (χ1v) is 20.5. The topological polar surface area (TPSA) is 94.7 Å². The number of nitrogens with zero attached hydrogens (tertiary/aromatic N) is 6. The van der Waals surface area contributed by atoms with Crippen LogP contribution in [0.1, 0.15) is 104 Å². The van der Waals surface area contributed by atoms with E-state index in [9.17, 15) is 9.59 Å². The van der Waals surface area contributed by atoms with Gasteiger partial charge in [-0.25, -0.2) is 9.97 Å². The van der Waals surface area contributed by atoms with E-state index >= 15 is 0 Å². The zero-order chi connectivity index (χ0) is 38.8. The number of ether oxygens (including phenoxy) is 2. The fraction of sp³-hybridized carbons (Fsp3) is 0.636. The molecule has 6 rings (SSSR count). The predicted octanol–water partition coefficient (Wildman–Crippen LogP) is 7.72. The number of rotatable bonds is 14. The van der Waals surface area contributed by atoms with Gasteiger partial charge < -0.3 is 9.47 Å². The third-order valence-electron chi connectivity index (χ3n) is 11.2. The van der Waals surface area contributed by atoms with E-state index in [1.165, 1.54) is 12.8 Å². The standard InChI is InChI=1S/2C22H33N3O2/c2*1-5-8-20(24-14-16(2)13-17(3)15-24)21-23-19-10-7-6-9-18(19)22(26)25(21)11-12-27-4/h2*6-7,9-10,16-17,20H,5,8,11-15H2,1-4H3/t2*16-,17+,20-/m10/s1. The summed E-state index contributed by atoms with van der Waals surface area (Å²) in [5, 5.41) is 1.38. The van der Waals surface area contributed by atoms with Crippen molar-refractivity contribution in [1.29, 1.82) is 0 Å². The highest BCUT2D eigenvalue weighted by atomic mass is 16.5. The van der Waals surface area contributed by atoms with Gasteiger partial charge in [-0.05, 0) is 73.6 Å². The molecule has 2 aromatic carbocycles. The molecule has 0 amide bonds. The van der Waals surface area contributed by atoms with E-state index < -0.39 is 0 Å². The number of hydrogen-bond acceptors (Lipinski definition) is 8. The molecule has 4 heterocycles. The number of para-hydroxylation sites is 2. The summed E-state index contributed by atoms with van der Waals surface area (Å²) in [6, 6.07) is 15.7. The Balaban J connectivity index is 0.000000208. The van der Waals surface area contributed by atoms with Gasteiger partial charge in [0.25, 0.3) is 11.1 Å². The van der Waals surface area contributed by atoms with Crippen LogP contribution in [0.2, 0.25) is 0 Å². The van der Waals surface area contributed by atoms with Crippen LogP contribution in [-0.2, 0) is 22.6 Å². The van der Waals surface area contributed by atoms with Gasteiger partial charge in [-0.1, -0.05) is 78.6 Å². The van der Waals surface area contributed by atoms with Crippen molar-refractivity contribution < 1.29 is 9.47 Å². The molecule has 2 aliphatic heterocycles. The van der Waals surface area contributed by atoms with Gasteiger partial charge in [0, 0.05) is 40.4 Å². The maximum absolute atomic E-state index is 13.2. The molecule has 4 aromatic rings. The highest BCUT2D eigenvalue weighted by Gasteiger charge is 2.32. The van der Waals surface area contributed by atoms with E-state index in [0.29, 0.717) is 60.7 Å². The van der Waals surface area contributed by atoms with Gasteiger partial charge in [-0.2, -0.15) is 0 Å². The second-order valence-corrected chi connectivity index (χ2v) is 16.3. The summed E-state index contributed by atoms with van der Waals surface area (Å²) in [4.78, 5) is 41.6. The molecule has 0 radical (unpaired) electrons. The van der Waals surface area contributed by atoms with Crippen molar-refractivity contribution in [3.8, 4) is 0 Å². The van der Waals surface area contributed by atoms with Crippen molar-refractivity contribution in [3.63, 3.8) is 0 Å². The molecule has 2 saturated heterocycles. The minimum absolute atomic E-state index is 0.0480.